The summed E-state index contributed by atoms with van der Waals surface area (Å²) in [6.45, 7) is 5.99. The number of pyridine rings is 1. The lowest BCUT2D eigenvalue weighted by atomic mass is 9.95. The highest BCUT2D eigenvalue weighted by Crippen LogP contribution is 2.35. The van der Waals surface area contributed by atoms with Gasteiger partial charge in [-0.05, 0) is 39.5 Å². The number of carbonyl (C=O) groups excluding carboxylic acids is 1. The number of rotatable bonds is 8. The maximum Gasteiger partial charge on any atom is 0.297 e. The number of nitrogens with zero attached hydrogens (tertiary/aromatic N) is 3. The number of hydrogen-bond acceptors (Lipinski definition) is 6. The van der Waals surface area contributed by atoms with Crippen molar-refractivity contribution >= 4 is 28.5 Å². The number of carbonyl (C=O) groups is 1. The van der Waals surface area contributed by atoms with Crippen LogP contribution >= 0.6 is 11.6 Å². The van der Waals surface area contributed by atoms with Gasteiger partial charge in [0.15, 0.2) is 0 Å². The molecular weight excluding hydrogens is 415 g/mol. The molecule has 2 heterocycles. The predicted octanol–water partition coefficient (Wildman–Crippen LogP) is 3.39. The molecule has 2 aromatic rings. The molecule has 8 nitrogen and oxygen atoms in total. The lowest BCUT2D eigenvalue weighted by Gasteiger charge is -2.29. The van der Waals surface area contributed by atoms with Crippen LogP contribution in [0, 0.1) is 5.95 Å². The van der Waals surface area contributed by atoms with Crippen LogP contribution in [-0.4, -0.2) is 51.9 Å². The second kappa shape index (κ2) is 9.78. The highest BCUT2D eigenvalue weighted by atomic mass is 35.5. The summed E-state index contributed by atoms with van der Waals surface area (Å²) in [5.41, 5.74) is 0.455. The molecule has 0 aromatic carbocycles. The molecule has 0 radical (unpaired) electrons. The van der Waals surface area contributed by atoms with Crippen molar-refractivity contribution in [1.29, 1.82) is 0 Å². The Morgan fingerprint density at radius 1 is 1.30 bits per heavy atom. The highest BCUT2D eigenvalue weighted by Gasteiger charge is 2.27. The summed E-state index contributed by atoms with van der Waals surface area (Å²) >= 11 is 6.35. The second-order valence-electron chi connectivity index (χ2n) is 7.56. The summed E-state index contributed by atoms with van der Waals surface area (Å²) in [4.78, 5) is 19.1. The van der Waals surface area contributed by atoms with Crippen LogP contribution in [0.2, 0.25) is 5.02 Å². The van der Waals surface area contributed by atoms with E-state index >= 15 is 0 Å². The third-order valence-electron chi connectivity index (χ3n) is 5.05. The van der Waals surface area contributed by atoms with Crippen molar-refractivity contribution in [2.75, 3.05) is 13.2 Å². The van der Waals surface area contributed by atoms with Gasteiger partial charge < -0.3 is 19.5 Å². The molecule has 30 heavy (non-hydrogen) atoms. The Bertz CT molecular complexity index is 899. The third-order valence-corrected chi connectivity index (χ3v) is 5.39. The fourth-order valence-electron chi connectivity index (χ4n) is 3.64. The van der Waals surface area contributed by atoms with E-state index in [9.17, 15) is 9.18 Å². The number of nitrogens with one attached hydrogen (secondary N) is 1. The van der Waals surface area contributed by atoms with Gasteiger partial charge >= 0.3 is 0 Å². The quantitative estimate of drug-likeness (QED) is 0.630. The van der Waals surface area contributed by atoms with Crippen molar-refractivity contribution in [1.82, 2.24) is 19.9 Å². The molecule has 0 spiro atoms. The average Bonchev–Trinajstić information content (AvgIpc) is 3.02. The summed E-state index contributed by atoms with van der Waals surface area (Å²) in [5, 5.41) is 3.02. The molecule has 1 atom stereocenters. The lowest BCUT2D eigenvalue weighted by molar-refractivity contribution is -0.120. The van der Waals surface area contributed by atoms with Gasteiger partial charge in [-0.1, -0.05) is 11.6 Å². The zero-order valence-electron chi connectivity index (χ0n) is 17.7. The monoisotopic (exact) mass is 442 g/mol. The first kappa shape index (κ1) is 22.6. The predicted molar refractivity (Wildman–Crippen MR) is 111 cm³/mol. The zero-order valence-corrected chi connectivity index (χ0v) is 18.5. The molecule has 1 aliphatic rings. The van der Waals surface area contributed by atoms with E-state index in [2.05, 4.69) is 15.3 Å². The van der Waals surface area contributed by atoms with Gasteiger partial charge in [0.2, 0.25) is 17.7 Å². The van der Waals surface area contributed by atoms with Crippen LogP contribution in [-0.2, 0) is 16.6 Å². The topological polar surface area (TPSA) is 87.5 Å². The van der Waals surface area contributed by atoms with Crippen molar-refractivity contribution in [3.05, 3.63) is 11.0 Å². The number of amides is 1. The largest absolute Gasteiger partial charge is 0.477 e. The smallest absolute Gasteiger partial charge is 0.297 e. The van der Waals surface area contributed by atoms with Crippen molar-refractivity contribution < 1.29 is 23.4 Å². The number of aryl methyl sites for hydroxylation is 1. The Labute approximate surface area is 180 Å². The van der Waals surface area contributed by atoms with E-state index in [-0.39, 0.29) is 40.6 Å². The third kappa shape index (κ3) is 5.13. The molecule has 3 rings (SSSR count). The zero-order chi connectivity index (χ0) is 21.8. The lowest BCUT2D eigenvalue weighted by Crippen LogP contribution is -2.37. The number of imidazole rings is 1. The first-order valence-electron chi connectivity index (χ1n) is 10.2. The van der Waals surface area contributed by atoms with Gasteiger partial charge in [-0.2, -0.15) is 14.4 Å². The molecule has 0 unspecified atom stereocenters. The summed E-state index contributed by atoms with van der Waals surface area (Å²) in [5.74, 6) is -0.760. The average molecular weight is 443 g/mol. The molecule has 1 aliphatic carbocycles. The number of ether oxygens (including phenoxy) is 3. The number of aromatic nitrogens is 3. The summed E-state index contributed by atoms with van der Waals surface area (Å²) in [7, 11) is 1.73. The van der Waals surface area contributed by atoms with Gasteiger partial charge in [0, 0.05) is 20.0 Å². The number of hydrogen-bond donors (Lipinski definition) is 1. The maximum absolute atomic E-state index is 14.4. The molecule has 1 amide bonds. The van der Waals surface area contributed by atoms with Crippen LogP contribution in [0.1, 0.15) is 46.5 Å². The summed E-state index contributed by atoms with van der Waals surface area (Å²) < 4.78 is 33.3. The highest BCUT2D eigenvalue weighted by molar-refractivity contribution is 6.36. The minimum Gasteiger partial charge on any atom is -0.477 e. The van der Waals surface area contributed by atoms with Crippen molar-refractivity contribution in [2.24, 2.45) is 7.05 Å². The minimum absolute atomic E-state index is 0.0219. The van der Waals surface area contributed by atoms with Crippen LogP contribution in [0.25, 0.3) is 11.0 Å². The van der Waals surface area contributed by atoms with E-state index in [1.54, 1.807) is 18.5 Å². The van der Waals surface area contributed by atoms with Crippen LogP contribution in [0.5, 0.6) is 11.9 Å². The van der Waals surface area contributed by atoms with Crippen LogP contribution in [0.15, 0.2) is 0 Å². The fourth-order valence-corrected chi connectivity index (χ4v) is 3.95. The molecule has 10 heteroatoms. The van der Waals surface area contributed by atoms with E-state index in [0.717, 1.165) is 25.7 Å². The molecule has 1 fully saturated rings. The molecule has 0 bridgehead atoms. The maximum atomic E-state index is 14.4. The molecule has 0 aliphatic heterocycles. The van der Waals surface area contributed by atoms with Gasteiger partial charge in [-0.3, -0.25) is 9.36 Å². The molecule has 166 valence electrons. The molecule has 1 saturated carbocycles. The Morgan fingerprint density at radius 2 is 1.97 bits per heavy atom. The summed E-state index contributed by atoms with van der Waals surface area (Å²) in [6, 6.07) is 0.274. The molecular formula is C20H28ClFN4O4. The molecule has 0 saturated heterocycles. The van der Waals surface area contributed by atoms with Gasteiger partial charge in [0.25, 0.3) is 6.01 Å². The van der Waals surface area contributed by atoms with Gasteiger partial charge in [0.05, 0.1) is 24.8 Å². The van der Waals surface area contributed by atoms with Gasteiger partial charge in [0.1, 0.15) is 16.6 Å². The molecule has 2 aromatic heterocycles. The van der Waals surface area contributed by atoms with Crippen LogP contribution in [0.3, 0.4) is 0 Å². The number of halogens is 2. The number of fused-ring (bicyclic) bond motifs is 1. The van der Waals surface area contributed by atoms with Gasteiger partial charge in [-0.25, -0.2) is 0 Å². The van der Waals surface area contributed by atoms with E-state index in [1.807, 2.05) is 6.92 Å². The standard InChI is InChI=1S/C20H28ClFN4O4/c1-5-28-19-15(21)17-16(18(22)25-19)24-20(26(17)4)30-14-8-6-13(7-9-14)29-10-11(2)23-12(3)27/h11,13-14H,5-10H2,1-4H3,(H,23,27)/t11-,13-,14-/m0/s1. The van der Waals surface area contributed by atoms with E-state index in [0.29, 0.717) is 24.7 Å². The SMILES string of the molecule is CCOc1nc(F)c2nc(O[C@H]3CC[C@H](OC[C@H](C)NC(C)=O)CC3)n(C)c2c1Cl. The van der Waals surface area contributed by atoms with E-state index < -0.39 is 5.95 Å². The summed E-state index contributed by atoms with van der Waals surface area (Å²) in [6.07, 6.45) is 3.35. The first-order valence-corrected chi connectivity index (χ1v) is 10.6. The Kier molecular flexibility index (Phi) is 7.36. The van der Waals surface area contributed by atoms with E-state index in [1.165, 1.54) is 6.92 Å². The first-order chi connectivity index (χ1) is 14.3. The van der Waals surface area contributed by atoms with Crippen molar-refractivity contribution in [3.8, 4) is 11.9 Å². The minimum atomic E-state index is -0.742. The van der Waals surface area contributed by atoms with Crippen molar-refractivity contribution in [2.45, 2.75) is 64.7 Å². The fraction of sp³-hybridized carbons (Fsp3) is 0.650. The second-order valence-corrected chi connectivity index (χ2v) is 7.93. The normalized spacial score (nSPS) is 20.2. The van der Waals surface area contributed by atoms with E-state index in [4.69, 9.17) is 25.8 Å². The molecule has 1 N–H and O–H groups in total. The van der Waals surface area contributed by atoms with Crippen LogP contribution in [0.4, 0.5) is 4.39 Å². The Morgan fingerprint density at radius 3 is 2.60 bits per heavy atom. The van der Waals surface area contributed by atoms with Crippen LogP contribution < -0.4 is 14.8 Å². The van der Waals surface area contributed by atoms with Gasteiger partial charge in [-0.15, -0.1) is 0 Å². The van der Waals surface area contributed by atoms with Crippen molar-refractivity contribution in [3.63, 3.8) is 0 Å². The Hall–Kier alpha value is -2.13. The Balaban J connectivity index is 1.61.